The number of rotatable bonds is 7. The number of ether oxygens (including phenoxy) is 2. The zero-order chi connectivity index (χ0) is 13.5. The highest BCUT2D eigenvalue weighted by molar-refractivity contribution is 5.35. The van der Waals surface area contributed by atoms with E-state index in [4.69, 9.17) is 9.47 Å². The van der Waals surface area contributed by atoms with Crippen LogP contribution in [0.25, 0.3) is 0 Å². The first-order valence-electron chi connectivity index (χ1n) is 7.38. The minimum absolute atomic E-state index is 0.309. The molecule has 1 N–H and O–H groups in total. The molecule has 1 aromatic rings. The Morgan fingerprint density at radius 1 is 1.42 bits per heavy atom. The van der Waals surface area contributed by atoms with Crippen molar-refractivity contribution >= 4 is 0 Å². The van der Waals surface area contributed by atoms with Crippen molar-refractivity contribution in [2.45, 2.75) is 45.3 Å². The van der Waals surface area contributed by atoms with Crippen LogP contribution in [0.3, 0.4) is 0 Å². The second-order valence-corrected chi connectivity index (χ2v) is 5.07. The summed E-state index contributed by atoms with van der Waals surface area (Å²) in [7, 11) is 0. The molecule has 0 spiro atoms. The van der Waals surface area contributed by atoms with Crippen LogP contribution in [0, 0.1) is 0 Å². The molecule has 106 valence electrons. The number of hydrogen-bond donors (Lipinski definition) is 1. The third kappa shape index (κ3) is 4.22. The van der Waals surface area contributed by atoms with Crippen LogP contribution in [0.4, 0.5) is 0 Å². The second kappa shape index (κ2) is 7.51. The van der Waals surface area contributed by atoms with Crippen LogP contribution >= 0.6 is 0 Å². The van der Waals surface area contributed by atoms with E-state index in [9.17, 15) is 0 Å². The van der Waals surface area contributed by atoms with E-state index in [1.165, 1.54) is 18.4 Å². The summed E-state index contributed by atoms with van der Waals surface area (Å²) in [6.45, 7) is 6.85. The SMILES string of the molecule is CCOc1ccccc1C(C)NCCC1CCCO1. The second-order valence-electron chi connectivity index (χ2n) is 5.07. The molecule has 2 unspecified atom stereocenters. The number of para-hydroxylation sites is 1. The first-order valence-corrected chi connectivity index (χ1v) is 7.38. The Balaban J connectivity index is 1.82. The van der Waals surface area contributed by atoms with Crippen molar-refractivity contribution in [3.63, 3.8) is 0 Å². The third-order valence-electron chi connectivity index (χ3n) is 3.63. The molecule has 0 radical (unpaired) electrons. The Morgan fingerprint density at radius 3 is 3.00 bits per heavy atom. The average Bonchev–Trinajstić information content (AvgIpc) is 2.93. The lowest BCUT2D eigenvalue weighted by Crippen LogP contribution is -2.23. The Morgan fingerprint density at radius 2 is 2.26 bits per heavy atom. The molecule has 0 saturated carbocycles. The van der Waals surface area contributed by atoms with Crippen LogP contribution in [-0.2, 0) is 4.74 Å². The van der Waals surface area contributed by atoms with Gasteiger partial charge in [0.05, 0.1) is 12.7 Å². The fourth-order valence-corrected chi connectivity index (χ4v) is 2.57. The summed E-state index contributed by atoms with van der Waals surface area (Å²) in [5, 5.41) is 3.56. The molecule has 1 heterocycles. The molecule has 1 aromatic carbocycles. The van der Waals surface area contributed by atoms with E-state index >= 15 is 0 Å². The molecule has 1 saturated heterocycles. The Labute approximate surface area is 116 Å². The molecule has 3 heteroatoms. The quantitative estimate of drug-likeness (QED) is 0.818. The van der Waals surface area contributed by atoms with E-state index < -0.39 is 0 Å². The maximum absolute atomic E-state index is 5.67. The van der Waals surface area contributed by atoms with Gasteiger partial charge in [0.1, 0.15) is 5.75 Å². The summed E-state index contributed by atoms with van der Waals surface area (Å²) in [6, 6.07) is 8.57. The van der Waals surface area contributed by atoms with Crippen molar-refractivity contribution in [2.75, 3.05) is 19.8 Å². The summed E-state index contributed by atoms with van der Waals surface area (Å²) in [5.41, 5.74) is 1.23. The molecule has 0 aliphatic carbocycles. The Bertz CT molecular complexity index is 375. The van der Waals surface area contributed by atoms with Crippen molar-refractivity contribution in [1.29, 1.82) is 0 Å². The Hall–Kier alpha value is -1.06. The smallest absolute Gasteiger partial charge is 0.124 e. The summed E-state index contributed by atoms with van der Waals surface area (Å²) < 4.78 is 11.3. The molecule has 0 aromatic heterocycles. The molecule has 1 aliphatic heterocycles. The van der Waals surface area contributed by atoms with Gasteiger partial charge < -0.3 is 14.8 Å². The van der Waals surface area contributed by atoms with Crippen molar-refractivity contribution < 1.29 is 9.47 Å². The summed E-state index contributed by atoms with van der Waals surface area (Å²) in [5.74, 6) is 0.988. The maximum Gasteiger partial charge on any atom is 0.124 e. The monoisotopic (exact) mass is 263 g/mol. The Kier molecular flexibility index (Phi) is 5.67. The highest BCUT2D eigenvalue weighted by Gasteiger charge is 2.16. The van der Waals surface area contributed by atoms with Crippen LogP contribution in [-0.4, -0.2) is 25.9 Å². The van der Waals surface area contributed by atoms with Gasteiger partial charge in [0.25, 0.3) is 0 Å². The van der Waals surface area contributed by atoms with Crippen LogP contribution in [0.2, 0.25) is 0 Å². The van der Waals surface area contributed by atoms with E-state index in [0.717, 1.165) is 25.3 Å². The van der Waals surface area contributed by atoms with Gasteiger partial charge in [-0.3, -0.25) is 0 Å². The predicted molar refractivity (Wildman–Crippen MR) is 77.6 cm³/mol. The zero-order valence-electron chi connectivity index (χ0n) is 12.0. The molecule has 1 fully saturated rings. The van der Waals surface area contributed by atoms with Crippen LogP contribution in [0.1, 0.15) is 44.7 Å². The number of hydrogen-bond acceptors (Lipinski definition) is 3. The highest BCUT2D eigenvalue weighted by Crippen LogP contribution is 2.25. The van der Waals surface area contributed by atoms with Gasteiger partial charge in [-0.2, -0.15) is 0 Å². The maximum atomic E-state index is 5.67. The van der Waals surface area contributed by atoms with Crippen molar-refractivity contribution in [2.24, 2.45) is 0 Å². The van der Waals surface area contributed by atoms with Gasteiger partial charge in [-0.15, -0.1) is 0 Å². The summed E-state index contributed by atoms with van der Waals surface area (Å²) in [4.78, 5) is 0. The van der Waals surface area contributed by atoms with Crippen LogP contribution < -0.4 is 10.1 Å². The first kappa shape index (κ1) is 14.4. The van der Waals surface area contributed by atoms with Crippen molar-refractivity contribution in [3.8, 4) is 5.75 Å². The molecule has 0 amide bonds. The third-order valence-corrected chi connectivity index (χ3v) is 3.63. The number of benzene rings is 1. The fourth-order valence-electron chi connectivity index (χ4n) is 2.57. The molecule has 3 nitrogen and oxygen atoms in total. The minimum atomic E-state index is 0.309. The van der Waals surface area contributed by atoms with Crippen LogP contribution in [0.15, 0.2) is 24.3 Å². The standard InChI is InChI=1S/C16H25NO2/c1-3-18-16-9-5-4-8-15(16)13(2)17-11-10-14-7-6-12-19-14/h4-5,8-9,13-14,17H,3,6-7,10-12H2,1-2H3. The van der Waals surface area contributed by atoms with Gasteiger partial charge in [0.2, 0.25) is 0 Å². The summed E-state index contributed by atoms with van der Waals surface area (Å²) >= 11 is 0. The first-order chi connectivity index (χ1) is 9.31. The zero-order valence-corrected chi connectivity index (χ0v) is 12.0. The topological polar surface area (TPSA) is 30.5 Å². The number of nitrogens with one attached hydrogen (secondary N) is 1. The lowest BCUT2D eigenvalue weighted by Gasteiger charge is -2.19. The highest BCUT2D eigenvalue weighted by atomic mass is 16.5. The fraction of sp³-hybridized carbons (Fsp3) is 0.625. The lowest BCUT2D eigenvalue weighted by atomic mass is 10.1. The van der Waals surface area contributed by atoms with Crippen molar-refractivity contribution in [3.05, 3.63) is 29.8 Å². The normalized spacial score (nSPS) is 20.4. The van der Waals surface area contributed by atoms with E-state index in [1.54, 1.807) is 0 Å². The van der Waals surface area contributed by atoms with E-state index in [0.29, 0.717) is 18.8 Å². The van der Waals surface area contributed by atoms with E-state index in [1.807, 2.05) is 19.1 Å². The van der Waals surface area contributed by atoms with Gasteiger partial charge in [-0.1, -0.05) is 18.2 Å². The molecule has 0 bridgehead atoms. The van der Waals surface area contributed by atoms with Gasteiger partial charge in [-0.05, 0) is 45.7 Å². The van der Waals surface area contributed by atoms with Gasteiger partial charge in [-0.25, -0.2) is 0 Å². The predicted octanol–water partition coefficient (Wildman–Crippen LogP) is 3.31. The van der Waals surface area contributed by atoms with Crippen LogP contribution in [0.5, 0.6) is 5.75 Å². The molecule has 2 atom stereocenters. The van der Waals surface area contributed by atoms with Crippen molar-refractivity contribution in [1.82, 2.24) is 5.32 Å². The molecular formula is C16H25NO2. The molecule has 1 aliphatic rings. The molecule has 19 heavy (non-hydrogen) atoms. The van der Waals surface area contributed by atoms with E-state index in [2.05, 4.69) is 24.4 Å². The van der Waals surface area contributed by atoms with Gasteiger partial charge in [0, 0.05) is 18.2 Å². The molecule has 2 rings (SSSR count). The summed E-state index contributed by atoms with van der Waals surface area (Å²) in [6.07, 6.45) is 3.99. The minimum Gasteiger partial charge on any atom is -0.494 e. The van der Waals surface area contributed by atoms with Gasteiger partial charge >= 0.3 is 0 Å². The lowest BCUT2D eigenvalue weighted by molar-refractivity contribution is 0.103. The molecular weight excluding hydrogens is 238 g/mol. The van der Waals surface area contributed by atoms with E-state index in [-0.39, 0.29) is 0 Å². The van der Waals surface area contributed by atoms with Gasteiger partial charge in [0.15, 0.2) is 0 Å². The largest absolute Gasteiger partial charge is 0.494 e. The average molecular weight is 263 g/mol.